The van der Waals surface area contributed by atoms with Crippen LogP contribution in [0.1, 0.15) is 10.6 Å². The van der Waals surface area contributed by atoms with E-state index >= 15 is 0 Å². The number of urea groups is 1. The monoisotopic (exact) mass is 319 g/mol. The molecule has 1 fully saturated rings. The van der Waals surface area contributed by atoms with Crippen molar-refractivity contribution in [3.8, 4) is 0 Å². The largest absolute Gasteiger partial charge is 0.324 e. The minimum absolute atomic E-state index is 0.105. The maximum atomic E-state index is 12.0. The van der Waals surface area contributed by atoms with Crippen molar-refractivity contribution in [3.05, 3.63) is 39.3 Å². The normalized spacial score (nSPS) is 14.7. The average molecular weight is 319 g/mol. The zero-order chi connectivity index (χ0) is 15.7. The highest BCUT2D eigenvalue weighted by Crippen LogP contribution is 2.21. The van der Waals surface area contributed by atoms with E-state index in [0.717, 1.165) is 10.6 Å². The third-order valence-corrected chi connectivity index (χ3v) is 4.34. The molecule has 7 nitrogen and oxygen atoms in total. The highest BCUT2D eigenvalue weighted by atomic mass is 32.1. The number of nitrogens with zero attached hydrogens (tertiary/aromatic N) is 4. The highest BCUT2D eigenvalue weighted by molar-refractivity contribution is 7.15. The molecule has 0 aliphatic carbocycles. The van der Waals surface area contributed by atoms with Crippen LogP contribution in [0.4, 0.5) is 9.93 Å². The van der Waals surface area contributed by atoms with E-state index in [4.69, 9.17) is 0 Å². The van der Waals surface area contributed by atoms with E-state index in [0.29, 0.717) is 24.8 Å². The standard InChI is InChI=1S/C14H17N5O2S/c1-9-3-4-12(20)19(17-9)8-11-6-18(7-11)14(21)16-13-15-5-10(2)22-13/h3-5,11H,6-8H2,1-2H3,(H,15,16,21). The molecule has 8 heteroatoms. The lowest BCUT2D eigenvalue weighted by atomic mass is 10.0. The summed E-state index contributed by atoms with van der Waals surface area (Å²) in [5, 5.41) is 7.60. The topological polar surface area (TPSA) is 80.1 Å². The summed E-state index contributed by atoms with van der Waals surface area (Å²) in [7, 11) is 0. The fraction of sp³-hybridized carbons (Fsp3) is 0.429. The minimum Gasteiger partial charge on any atom is -0.324 e. The van der Waals surface area contributed by atoms with Crippen molar-refractivity contribution in [2.24, 2.45) is 5.92 Å². The van der Waals surface area contributed by atoms with E-state index in [1.54, 1.807) is 17.2 Å². The Kier molecular flexibility index (Phi) is 3.93. The molecule has 22 heavy (non-hydrogen) atoms. The Morgan fingerprint density at radius 1 is 1.41 bits per heavy atom. The first-order chi connectivity index (χ1) is 10.5. The number of anilines is 1. The van der Waals surface area contributed by atoms with Gasteiger partial charge in [0.15, 0.2) is 5.13 Å². The summed E-state index contributed by atoms with van der Waals surface area (Å²) in [6.07, 6.45) is 1.73. The molecule has 0 bridgehead atoms. The average Bonchev–Trinajstić information content (AvgIpc) is 2.82. The predicted octanol–water partition coefficient (Wildman–Crippen LogP) is 1.48. The molecule has 1 aliphatic rings. The Hall–Kier alpha value is -2.22. The van der Waals surface area contributed by atoms with E-state index in [2.05, 4.69) is 15.4 Å². The van der Waals surface area contributed by atoms with E-state index in [1.165, 1.54) is 22.1 Å². The number of aromatic nitrogens is 3. The predicted molar refractivity (Wildman–Crippen MR) is 84.2 cm³/mol. The van der Waals surface area contributed by atoms with Crippen molar-refractivity contribution in [1.29, 1.82) is 0 Å². The van der Waals surface area contributed by atoms with Crippen LogP contribution in [-0.2, 0) is 6.54 Å². The van der Waals surface area contributed by atoms with Crippen LogP contribution >= 0.6 is 11.3 Å². The van der Waals surface area contributed by atoms with Crippen molar-refractivity contribution in [3.63, 3.8) is 0 Å². The molecule has 3 rings (SSSR count). The summed E-state index contributed by atoms with van der Waals surface area (Å²) in [6, 6.07) is 3.08. The molecule has 1 saturated heterocycles. The fourth-order valence-electron chi connectivity index (χ4n) is 2.36. The van der Waals surface area contributed by atoms with E-state index < -0.39 is 0 Å². The van der Waals surface area contributed by atoms with Gasteiger partial charge in [0.25, 0.3) is 5.56 Å². The van der Waals surface area contributed by atoms with Crippen molar-refractivity contribution in [2.75, 3.05) is 18.4 Å². The number of carbonyl (C=O) groups is 1. The maximum absolute atomic E-state index is 12.0. The molecular weight excluding hydrogens is 302 g/mol. The van der Waals surface area contributed by atoms with E-state index in [9.17, 15) is 9.59 Å². The zero-order valence-electron chi connectivity index (χ0n) is 12.4. The molecule has 116 valence electrons. The number of nitrogens with one attached hydrogen (secondary N) is 1. The number of thiazole rings is 1. The molecule has 1 N–H and O–H groups in total. The van der Waals surface area contributed by atoms with Crippen molar-refractivity contribution in [2.45, 2.75) is 20.4 Å². The summed E-state index contributed by atoms with van der Waals surface area (Å²) in [6.45, 7) is 5.59. The first kappa shape index (κ1) is 14.7. The first-order valence-electron chi connectivity index (χ1n) is 7.04. The zero-order valence-corrected chi connectivity index (χ0v) is 13.3. The van der Waals surface area contributed by atoms with Gasteiger partial charge in [0.2, 0.25) is 0 Å². The lowest BCUT2D eigenvalue weighted by molar-refractivity contribution is 0.116. The summed E-state index contributed by atoms with van der Waals surface area (Å²) in [4.78, 5) is 30.6. The number of aryl methyl sites for hydroxylation is 2. The molecule has 0 radical (unpaired) electrons. The molecule has 2 aromatic rings. The van der Waals surface area contributed by atoms with Gasteiger partial charge in [-0.15, -0.1) is 11.3 Å². The molecule has 0 spiro atoms. The van der Waals surface area contributed by atoms with Crippen LogP contribution in [0, 0.1) is 19.8 Å². The Bertz CT molecular complexity index is 748. The van der Waals surface area contributed by atoms with E-state index in [1.807, 2.05) is 13.8 Å². The lowest BCUT2D eigenvalue weighted by Crippen LogP contribution is -2.53. The Morgan fingerprint density at radius 2 is 2.18 bits per heavy atom. The van der Waals surface area contributed by atoms with Crippen LogP contribution in [0.15, 0.2) is 23.1 Å². The molecule has 1 aliphatic heterocycles. The SMILES string of the molecule is Cc1ccc(=O)n(CC2CN(C(=O)Nc3ncc(C)s3)C2)n1. The summed E-state index contributed by atoms with van der Waals surface area (Å²) in [5.41, 5.74) is 0.708. The second-order valence-corrected chi connectivity index (χ2v) is 6.71. The first-order valence-corrected chi connectivity index (χ1v) is 7.86. The van der Waals surface area contributed by atoms with Gasteiger partial charge in [0.05, 0.1) is 12.2 Å². The molecule has 2 aromatic heterocycles. The Balaban J connectivity index is 1.52. The maximum Gasteiger partial charge on any atom is 0.323 e. The molecule has 3 heterocycles. The summed E-state index contributed by atoms with van der Waals surface area (Å²) in [5.74, 6) is 0.260. The third-order valence-electron chi connectivity index (χ3n) is 3.51. The fourth-order valence-corrected chi connectivity index (χ4v) is 3.01. The lowest BCUT2D eigenvalue weighted by Gasteiger charge is -2.38. The van der Waals surface area contributed by atoms with Crippen LogP contribution in [0.3, 0.4) is 0 Å². The van der Waals surface area contributed by atoms with Crippen LogP contribution in [-0.4, -0.2) is 38.8 Å². The van der Waals surface area contributed by atoms with Crippen molar-refractivity contribution >= 4 is 22.5 Å². The van der Waals surface area contributed by atoms with E-state index in [-0.39, 0.29) is 17.5 Å². The van der Waals surface area contributed by atoms with Crippen molar-refractivity contribution < 1.29 is 4.79 Å². The number of likely N-dealkylation sites (tertiary alicyclic amines) is 1. The molecular formula is C14H17N5O2S. The van der Waals surface area contributed by atoms with Crippen LogP contribution in [0.25, 0.3) is 0 Å². The van der Waals surface area contributed by atoms with Crippen LogP contribution in [0.2, 0.25) is 0 Å². The quantitative estimate of drug-likeness (QED) is 0.929. The second-order valence-electron chi connectivity index (χ2n) is 5.47. The highest BCUT2D eigenvalue weighted by Gasteiger charge is 2.31. The summed E-state index contributed by atoms with van der Waals surface area (Å²) >= 11 is 1.45. The molecule has 0 aromatic carbocycles. The van der Waals surface area contributed by atoms with Gasteiger partial charge in [-0.1, -0.05) is 0 Å². The van der Waals surface area contributed by atoms with Gasteiger partial charge in [-0.3, -0.25) is 10.1 Å². The summed E-state index contributed by atoms with van der Waals surface area (Å²) < 4.78 is 1.47. The Morgan fingerprint density at radius 3 is 2.86 bits per heavy atom. The van der Waals surface area contributed by atoms with Crippen molar-refractivity contribution in [1.82, 2.24) is 19.7 Å². The number of carbonyl (C=O) groups excluding carboxylic acids is 1. The van der Waals surface area contributed by atoms with Gasteiger partial charge >= 0.3 is 6.03 Å². The van der Waals surface area contributed by atoms with Gasteiger partial charge in [-0.05, 0) is 19.9 Å². The Labute approximate surface area is 131 Å². The van der Waals surface area contributed by atoms with Gasteiger partial charge in [-0.2, -0.15) is 5.10 Å². The number of amides is 2. The van der Waals surface area contributed by atoms with Gasteiger partial charge in [0.1, 0.15) is 0 Å². The molecule has 0 unspecified atom stereocenters. The number of rotatable bonds is 3. The molecule has 0 atom stereocenters. The smallest absolute Gasteiger partial charge is 0.323 e. The van der Waals surface area contributed by atoms with Gasteiger partial charge in [-0.25, -0.2) is 14.5 Å². The van der Waals surface area contributed by atoms with Gasteiger partial charge < -0.3 is 4.90 Å². The minimum atomic E-state index is -0.143. The van der Waals surface area contributed by atoms with Crippen LogP contribution in [0.5, 0.6) is 0 Å². The van der Waals surface area contributed by atoms with Gasteiger partial charge in [0, 0.05) is 36.1 Å². The second kappa shape index (κ2) is 5.88. The van der Waals surface area contributed by atoms with Crippen LogP contribution < -0.4 is 10.9 Å². The number of hydrogen-bond donors (Lipinski definition) is 1. The molecule has 2 amide bonds. The third kappa shape index (κ3) is 3.16. The molecule has 0 saturated carbocycles. The number of hydrogen-bond acceptors (Lipinski definition) is 5.